The van der Waals surface area contributed by atoms with Crippen LogP contribution < -0.4 is 5.32 Å². The monoisotopic (exact) mass is 334 g/mol. The minimum atomic E-state index is -0.717. The van der Waals surface area contributed by atoms with Gasteiger partial charge in [0.1, 0.15) is 5.76 Å². The maximum absolute atomic E-state index is 12.8. The molecule has 2 amide bonds. The third kappa shape index (κ3) is 4.10. The summed E-state index contributed by atoms with van der Waals surface area (Å²) in [5, 5.41) is 12.2. The van der Waals surface area contributed by atoms with Gasteiger partial charge in [-0.1, -0.05) is 12.8 Å². The molecule has 6 nitrogen and oxygen atoms in total. The SMILES string of the molecule is O=C(O)C1CCC(NC(=O)N(Cc2ccco2)C2CCCC2)CC1. The third-order valence-corrected chi connectivity index (χ3v) is 5.34. The quantitative estimate of drug-likeness (QED) is 0.865. The molecule has 6 heteroatoms. The number of carbonyl (C=O) groups is 2. The Balaban J connectivity index is 1.58. The van der Waals surface area contributed by atoms with E-state index in [9.17, 15) is 9.59 Å². The van der Waals surface area contributed by atoms with Crippen LogP contribution in [-0.2, 0) is 11.3 Å². The molecule has 0 aromatic carbocycles. The van der Waals surface area contributed by atoms with Crippen LogP contribution in [0, 0.1) is 5.92 Å². The van der Waals surface area contributed by atoms with Crippen molar-refractivity contribution < 1.29 is 19.1 Å². The van der Waals surface area contributed by atoms with Crippen LogP contribution in [0.1, 0.15) is 57.1 Å². The predicted molar refractivity (Wildman–Crippen MR) is 88.4 cm³/mol. The van der Waals surface area contributed by atoms with Gasteiger partial charge in [-0.25, -0.2) is 4.79 Å². The molecule has 3 rings (SSSR count). The molecule has 1 aromatic rings. The van der Waals surface area contributed by atoms with Crippen LogP contribution in [0.2, 0.25) is 0 Å². The first kappa shape index (κ1) is 16.9. The number of carbonyl (C=O) groups excluding carboxylic acids is 1. The lowest BCUT2D eigenvalue weighted by atomic mass is 9.86. The lowest BCUT2D eigenvalue weighted by Gasteiger charge is -2.32. The molecule has 2 aliphatic rings. The summed E-state index contributed by atoms with van der Waals surface area (Å²) in [6.45, 7) is 0.494. The topological polar surface area (TPSA) is 82.8 Å². The van der Waals surface area contributed by atoms with Gasteiger partial charge in [0, 0.05) is 12.1 Å². The molecule has 132 valence electrons. The second kappa shape index (κ2) is 7.73. The fraction of sp³-hybridized carbons (Fsp3) is 0.667. The van der Waals surface area contributed by atoms with E-state index in [1.807, 2.05) is 17.0 Å². The Morgan fingerprint density at radius 3 is 2.46 bits per heavy atom. The Bertz CT molecular complexity index is 543. The predicted octanol–water partition coefficient (Wildman–Crippen LogP) is 3.38. The number of nitrogens with zero attached hydrogens (tertiary/aromatic N) is 1. The minimum Gasteiger partial charge on any atom is -0.481 e. The standard InChI is InChI=1S/C18H26N2O4/c21-17(22)13-7-9-14(10-8-13)19-18(23)20(15-4-1-2-5-15)12-16-6-3-11-24-16/h3,6,11,13-15H,1-2,4-5,7-10,12H2,(H,19,23)(H,21,22). The van der Waals surface area contributed by atoms with Gasteiger partial charge in [0.25, 0.3) is 0 Å². The van der Waals surface area contributed by atoms with Crippen molar-refractivity contribution >= 4 is 12.0 Å². The number of hydrogen-bond donors (Lipinski definition) is 2. The highest BCUT2D eigenvalue weighted by atomic mass is 16.4. The molecule has 0 atom stereocenters. The van der Waals surface area contributed by atoms with Gasteiger partial charge in [0.2, 0.25) is 0 Å². The Kier molecular flexibility index (Phi) is 5.43. The third-order valence-electron chi connectivity index (χ3n) is 5.34. The lowest BCUT2D eigenvalue weighted by Crippen LogP contribution is -2.49. The van der Waals surface area contributed by atoms with E-state index in [1.165, 1.54) is 0 Å². The molecule has 0 bridgehead atoms. The van der Waals surface area contributed by atoms with Crippen LogP contribution in [0.4, 0.5) is 4.79 Å². The number of aliphatic carboxylic acids is 1. The van der Waals surface area contributed by atoms with Crippen molar-refractivity contribution in [1.82, 2.24) is 10.2 Å². The molecular formula is C18H26N2O4. The Hall–Kier alpha value is -1.98. The van der Waals surface area contributed by atoms with Crippen molar-refractivity contribution in [2.75, 3.05) is 0 Å². The van der Waals surface area contributed by atoms with Gasteiger partial charge in [0.15, 0.2) is 0 Å². The molecule has 0 aliphatic heterocycles. The number of rotatable bonds is 5. The number of nitrogens with one attached hydrogen (secondary N) is 1. The largest absolute Gasteiger partial charge is 0.481 e. The molecule has 1 aromatic heterocycles. The first-order valence-corrected chi connectivity index (χ1v) is 8.96. The van der Waals surface area contributed by atoms with E-state index in [0.717, 1.165) is 44.3 Å². The number of furan rings is 1. The van der Waals surface area contributed by atoms with Gasteiger partial charge in [-0.15, -0.1) is 0 Å². The second-order valence-electron chi connectivity index (χ2n) is 6.98. The van der Waals surface area contributed by atoms with Crippen LogP contribution >= 0.6 is 0 Å². The Labute approximate surface area is 142 Å². The first-order valence-electron chi connectivity index (χ1n) is 8.96. The number of hydrogen-bond acceptors (Lipinski definition) is 3. The smallest absolute Gasteiger partial charge is 0.318 e. The van der Waals surface area contributed by atoms with Gasteiger partial charge >= 0.3 is 12.0 Å². The molecule has 0 spiro atoms. The van der Waals surface area contributed by atoms with Crippen molar-refractivity contribution in [2.24, 2.45) is 5.92 Å². The summed E-state index contributed by atoms with van der Waals surface area (Å²) in [4.78, 5) is 25.7. The summed E-state index contributed by atoms with van der Waals surface area (Å²) in [7, 11) is 0. The van der Waals surface area contributed by atoms with Crippen LogP contribution in [0.5, 0.6) is 0 Å². The molecule has 2 N–H and O–H groups in total. The number of urea groups is 1. The number of carboxylic acids is 1. The molecular weight excluding hydrogens is 308 g/mol. The van der Waals surface area contributed by atoms with E-state index in [-0.39, 0.29) is 24.0 Å². The van der Waals surface area contributed by atoms with E-state index in [4.69, 9.17) is 9.52 Å². The molecule has 0 radical (unpaired) electrons. The molecule has 0 saturated heterocycles. The highest BCUT2D eigenvalue weighted by molar-refractivity contribution is 5.75. The highest BCUT2D eigenvalue weighted by Gasteiger charge is 2.31. The fourth-order valence-corrected chi connectivity index (χ4v) is 3.90. The zero-order chi connectivity index (χ0) is 16.9. The average Bonchev–Trinajstić information content (AvgIpc) is 3.26. The summed E-state index contributed by atoms with van der Waals surface area (Å²) in [5.74, 6) is -0.177. The van der Waals surface area contributed by atoms with Crippen molar-refractivity contribution in [3.05, 3.63) is 24.2 Å². The Morgan fingerprint density at radius 2 is 1.88 bits per heavy atom. The second-order valence-corrected chi connectivity index (χ2v) is 6.98. The summed E-state index contributed by atoms with van der Waals surface area (Å²) in [6, 6.07) is 4.04. The van der Waals surface area contributed by atoms with Crippen LogP contribution in [0.25, 0.3) is 0 Å². The first-order chi connectivity index (χ1) is 11.6. The lowest BCUT2D eigenvalue weighted by molar-refractivity contribution is -0.142. The molecule has 0 unspecified atom stereocenters. The zero-order valence-electron chi connectivity index (χ0n) is 13.9. The van der Waals surface area contributed by atoms with Crippen molar-refractivity contribution in [2.45, 2.75) is 70.0 Å². The number of carboxylic acid groups (broad SMARTS) is 1. The average molecular weight is 334 g/mol. The van der Waals surface area contributed by atoms with Gasteiger partial charge in [-0.05, 0) is 50.7 Å². The van der Waals surface area contributed by atoms with E-state index < -0.39 is 5.97 Å². The summed E-state index contributed by atoms with van der Waals surface area (Å²) in [6.07, 6.45) is 8.80. The highest BCUT2D eigenvalue weighted by Crippen LogP contribution is 2.27. The van der Waals surface area contributed by atoms with E-state index in [1.54, 1.807) is 6.26 Å². The summed E-state index contributed by atoms with van der Waals surface area (Å²) >= 11 is 0. The molecule has 2 saturated carbocycles. The van der Waals surface area contributed by atoms with Crippen LogP contribution in [0.3, 0.4) is 0 Å². The van der Waals surface area contributed by atoms with Crippen molar-refractivity contribution in [1.29, 1.82) is 0 Å². The van der Waals surface area contributed by atoms with E-state index >= 15 is 0 Å². The van der Waals surface area contributed by atoms with Gasteiger partial charge < -0.3 is 19.7 Å². The summed E-state index contributed by atoms with van der Waals surface area (Å²) in [5.41, 5.74) is 0. The molecule has 2 aliphatic carbocycles. The molecule has 24 heavy (non-hydrogen) atoms. The molecule has 1 heterocycles. The summed E-state index contributed by atoms with van der Waals surface area (Å²) < 4.78 is 5.42. The van der Waals surface area contributed by atoms with Crippen molar-refractivity contribution in [3.63, 3.8) is 0 Å². The van der Waals surface area contributed by atoms with E-state index in [2.05, 4.69) is 5.32 Å². The fourth-order valence-electron chi connectivity index (χ4n) is 3.90. The minimum absolute atomic E-state index is 0.0444. The maximum atomic E-state index is 12.8. The van der Waals surface area contributed by atoms with E-state index in [0.29, 0.717) is 19.4 Å². The Morgan fingerprint density at radius 1 is 1.17 bits per heavy atom. The van der Waals surface area contributed by atoms with Gasteiger partial charge in [0.05, 0.1) is 18.7 Å². The van der Waals surface area contributed by atoms with Gasteiger partial charge in [-0.3, -0.25) is 4.79 Å². The maximum Gasteiger partial charge on any atom is 0.318 e. The van der Waals surface area contributed by atoms with Crippen molar-refractivity contribution in [3.8, 4) is 0 Å². The van der Waals surface area contributed by atoms with Gasteiger partial charge in [-0.2, -0.15) is 0 Å². The van der Waals surface area contributed by atoms with Crippen LogP contribution in [0.15, 0.2) is 22.8 Å². The normalized spacial score (nSPS) is 24.7. The number of amides is 2. The zero-order valence-corrected chi connectivity index (χ0v) is 13.9. The van der Waals surface area contributed by atoms with Crippen LogP contribution in [-0.4, -0.2) is 34.1 Å². The molecule has 2 fully saturated rings.